The molecule has 0 saturated carbocycles. The molecule has 7 heteroatoms. The van der Waals surface area contributed by atoms with Crippen LogP contribution < -0.4 is 11.1 Å². The molecule has 0 bridgehead atoms. The quantitative estimate of drug-likeness (QED) is 0.422. The maximum atomic E-state index is 13.0. The van der Waals surface area contributed by atoms with E-state index in [2.05, 4.69) is 15.2 Å². The highest BCUT2D eigenvalue weighted by molar-refractivity contribution is 5.77. The van der Waals surface area contributed by atoms with Crippen LogP contribution in [0.4, 0.5) is 4.39 Å². The molecule has 1 fully saturated rings. The molecule has 0 amide bonds. The lowest BCUT2D eigenvalue weighted by molar-refractivity contribution is 0.0376. The van der Waals surface area contributed by atoms with Crippen LogP contribution in [0.25, 0.3) is 0 Å². The number of hydrogen-bond acceptors (Lipinski definition) is 4. The molecule has 1 aromatic carbocycles. The highest BCUT2D eigenvalue weighted by Gasteiger charge is 2.11. The number of guanidine groups is 1. The Morgan fingerprint density at radius 3 is 2.75 bits per heavy atom. The van der Waals surface area contributed by atoms with E-state index in [0.29, 0.717) is 12.5 Å². The molecule has 0 spiro atoms. The molecule has 1 unspecified atom stereocenters. The minimum absolute atomic E-state index is 0.237. The normalized spacial score (nSPS) is 17.7. The molecule has 1 heterocycles. The van der Waals surface area contributed by atoms with Crippen LogP contribution in [0.5, 0.6) is 0 Å². The average molecular weight is 338 g/mol. The fourth-order valence-corrected chi connectivity index (χ4v) is 2.57. The van der Waals surface area contributed by atoms with Gasteiger partial charge in [-0.25, -0.2) is 4.39 Å². The molecule has 134 valence electrons. The van der Waals surface area contributed by atoms with Crippen molar-refractivity contribution in [3.63, 3.8) is 0 Å². The Balaban J connectivity index is 1.68. The van der Waals surface area contributed by atoms with Gasteiger partial charge in [0.05, 0.1) is 19.8 Å². The van der Waals surface area contributed by atoms with E-state index in [1.54, 1.807) is 19.2 Å². The maximum absolute atomic E-state index is 13.0. The Morgan fingerprint density at radius 1 is 1.38 bits per heavy atom. The number of hydrogen-bond donors (Lipinski definition) is 2. The number of aliphatic imine (C=N–C) groups is 1. The van der Waals surface area contributed by atoms with Crippen LogP contribution in [0.1, 0.15) is 18.1 Å². The molecule has 1 atom stereocenters. The zero-order chi connectivity index (χ0) is 17.2. The van der Waals surface area contributed by atoms with E-state index in [9.17, 15) is 4.39 Å². The average Bonchev–Trinajstić information content (AvgIpc) is 2.61. The lowest BCUT2D eigenvalue weighted by atomic mass is 10.1. The molecule has 0 aromatic heterocycles. The number of nitrogens with one attached hydrogen (secondary N) is 1. The van der Waals surface area contributed by atoms with Gasteiger partial charge in [0.2, 0.25) is 0 Å². The first-order valence-corrected chi connectivity index (χ1v) is 8.31. The number of ether oxygens (including phenoxy) is 2. The third kappa shape index (κ3) is 6.43. The maximum Gasteiger partial charge on any atom is 0.188 e. The van der Waals surface area contributed by atoms with Crippen LogP contribution >= 0.6 is 0 Å². The molecule has 24 heavy (non-hydrogen) atoms. The summed E-state index contributed by atoms with van der Waals surface area (Å²) in [7, 11) is 1.61. The first kappa shape index (κ1) is 18.6. The minimum atomic E-state index is -0.265. The Labute approximate surface area is 142 Å². The van der Waals surface area contributed by atoms with Crippen LogP contribution in [0.2, 0.25) is 0 Å². The summed E-state index contributed by atoms with van der Waals surface area (Å²) < 4.78 is 23.7. The second-order valence-corrected chi connectivity index (χ2v) is 5.74. The Kier molecular flexibility index (Phi) is 7.94. The van der Waals surface area contributed by atoms with E-state index in [1.165, 1.54) is 12.1 Å². The van der Waals surface area contributed by atoms with Gasteiger partial charge in [0, 0.05) is 26.7 Å². The van der Waals surface area contributed by atoms with E-state index < -0.39 is 0 Å². The van der Waals surface area contributed by atoms with Gasteiger partial charge in [0.1, 0.15) is 11.9 Å². The van der Waals surface area contributed by atoms with E-state index >= 15 is 0 Å². The molecule has 6 nitrogen and oxygen atoms in total. The molecule has 1 aromatic rings. The molecule has 1 aliphatic rings. The van der Waals surface area contributed by atoms with Crippen molar-refractivity contribution in [2.24, 2.45) is 10.7 Å². The zero-order valence-electron chi connectivity index (χ0n) is 14.2. The van der Waals surface area contributed by atoms with Gasteiger partial charge in [-0.15, -0.1) is 0 Å². The SMILES string of the molecule is COC(CN=C(N)NCCCN1CCOCC1)c1ccc(F)cc1. The molecular formula is C17H27FN4O2. The van der Waals surface area contributed by atoms with Gasteiger partial charge >= 0.3 is 0 Å². The number of nitrogens with zero attached hydrogens (tertiary/aromatic N) is 2. The first-order chi connectivity index (χ1) is 11.7. The predicted octanol–water partition coefficient (Wildman–Crippen LogP) is 1.14. The smallest absolute Gasteiger partial charge is 0.188 e. The lowest BCUT2D eigenvalue weighted by Gasteiger charge is -2.26. The number of benzene rings is 1. The molecule has 0 radical (unpaired) electrons. The van der Waals surface area contributed by atoms with Gasteiger partial charge in [-0.1, -0.05) is 12.1 Å². The molecule has 1 aliphatic heterocycles. The van der Waals surface area contributed by atoms with Gasteiger partial charge in [0.25, 0.3) is 0 Å². The van der Waals surface area contributed by atoms with Crippen molar-refractivity contribution in [3.8, 4) is 0 Å². The van der Waals surface area contributed by atoms with Gasteiger partial charge in [-0.2, -0.15) is 0 Å². The van der Waals surface area contributed by atoms with Gasteiger partial charge in [-0.05, 0) is 30.7 Å². The van der Waals surface area contributed by atoms with Crippen molar-refractivity contribution in [3.05, 3.63) is 35.6 Å². The third-order valence-corrected chi connectivity index (χ3v) is 4.01. The first-order valence-electron chi connectivity index (χ1n) is 8.31. The molecule has 0 aliphatic carbocycles. The van der Waals surface area contributed by atoms with Crippen molar-refractivity contribution in [2.75, 3.05) is 53.0 Å². The summed E-state index contributed by atoms with van der Waals surface area (Å²) in [6.07, 6.45) is 0.765. The summed E-state index contributed by atoms with van der Waals surface area (Å²) in [5.41, 5.74) is 6.77. The number of halogens is 1. The number of morpholine rings is 1. The number of rotatable bonds is 8. The summed E-state index contributed by atoms with van der Waals surface area (Å²) in [6, 6.07) is 6.23. The topological polar surface area (TPSA) is 72.1 Å². The Hall–Kier alpha value is -1.70. The second-order valence-electron chi connectivity index (χ2n) is 5.74. The summed E-state index contributed by atoms with van der Waals surface area (Å²) in [5, 5.41) is 3.12. The number of nitrogens with two attached hydrogens (primary N) is 1. The molecule has 1 saturated heterocycles. The Bertz CT molecular complexity index is 504. The highest BCUT2D eigenvalue weighted by Crippen LogP contribution is 2.17. The second kappa shape index (κ2) is 10.2. The van der Waals surface area contributed by atoms with Crippen LogP contribution in [-0.2, 0) is 9.47 Å². The summed E-state index contributed by atoms with van der Waals surface area (Å²) in [6.45, 7) is 5.83. The van der Waals surface area contributed by atoms with Crippen LogP contribution in [0.15, 0.2) is 29.3 Å². The van der Waals surface area contributed by atoms with Gasteiger partial charge in [0.15, 0.2) is 5.96 Å². The molecular weight excluding hydrogens is 311 g/mol. The largest absolute Gasteiger partial charge is 0.379 e. The zero-order valence-corrected chi connectivity index (χ0v) is 14.2. The standard InChI is InChI=1S/C17H27FN4O2/c1-23-16(14-3-5-15(18)6-4-14)13-21-17(19)20-7-2-8-22-9-11-24-12-10-22/h3-6,16H,2,7-13H2,1H3,(H3,19,20,21). The lowest BCUT2D eigenvalue weighted by Crippen LogP contribution is -2.39. The summed E-state index contributed by atoms with van der Waals surface area (Å²) in [4.78, 5) is 6.69. The minimum Gasteiger partial charge on any atom is -0.379 e. The summed E-state index contributed by atoms with van der Waals surface area (Å²) in [5.74, 6) is 0.139. The van der Waals surface area contributed by atoms with Crippen molar-refractivity contribution < 1.29 is 13.9 Å². The van der Waals surface area contributed by atoms with Crippen LogP contribution in [-0.4, -0.2) is 63.9 Å². The van der Waals surface area contributed by atoms with E-state index in [0.717, 1.165) is 51.4 Å². The van der Waals surface area contributed by atoms with Crippen molar-refractivity contribution in [1.29, 1.82) is 0 Å². The predicted molar refractivity (Wildman–Crippen MR) is 92.5 cm³/mol. The fourth-order valence-electron chi connectivity index (χ4n) is 2.57. The van der Waals surface area contributed by atoms with Crippen molar-refractivity contribution >= 4 is 5.96 Å². The van der Waals surface area contributed by atoms with E-state index in [-0.39, 0.29) is 11.9 Å². The van der Waals surface area contributed by atoms with Gasteiger partial charge in [-0.3, -0.25) is 9.89 Å². The summed E-state index contributed by atoms with van der Waals surface area (Å²) >= 11 is 0. The monoisotopic (exact) mass is 338 g/mol. The van der Waals surface area contributed by atoms with Crippen LogP contribution in [0.3, 0.4) is 0 Å². The van der Waals surface area contributed by atoms with Crippen molar-refractivity contribution in [2.45, 2.75) is 12.5 Å². The number of methoxy groups -OCH3 is 1. The highest BCUT2D eigenvalue weighted by atomic mass is 19.1. The fraction of sp³-hybridized carbons (Fsp3) is 0.588. The van der Waals surface area contributed by atoms with Crippen LogP contribution in [0, 0.1) is 5.82 Å². The molecule has 2 rings (SSSR count). The van der Waals surface area contributed by atoms with E-state index in [4.69, 9.17) is 15.2 Å². The Morgan fingerprint density at radius 2 is 2.08 bits per heavy atom. The van der Waals surface area contributed by atoms with E-state index in [1.807, 2.05) is 0 Å². The van der Waals surface area contributed by atoms with Crippen molar-refractivity contribution in [1.82, 2.24) is 10.2 Å². The van der Waals surface area contributed by atoms with Gasteiger partial charge < -0.3 is 20.5 Å². The molecule has 3 N–H and O–H groups in total. The third-order valence-electron chi connectivity index (χ3n) is 4.01.